The highest BCUT2D eigenvalue weighted by Gasteiger charge is 2.02. The van der Waals surface area contributed by atoms with E-state index in [1.807, 2.05) is 12.1 Å². The van der Waals surface area contributed by atoms with Gasteiger partial charge in [0, 0.05) is 30.2 Å². The van der Waals surface area contributed by atoms with Crippen LogP contribution in [0.5, 0.6) is 0 Å². The lowest BCUT2D eigenvalue weighted by atomic mass is 10.1. The van der Waals surface area contributed by atoms with E-state index < -0.39 is 0 Å². The van der Waals surface area contributed by atoms with Crippen LogP contribution in [0.2, 0.25) is 0 Å². The quantitative estimate of drug-likeness (QED) is 0.776. The van der Waals surface area contributed by atoms with Crippen LogP contribution in [0.1, 0.15) is 18.9 Å². The van der Waals surface area contributed by atoms with Crippen LogP contribution in [0.4, 0.5) is 4.39 Å². The van der Waals surface area contributed by atoms with Gasteiger partial charge in [0.15, 0.2) is 0 Å². The number of benzene rings is 1. The Balaban J connectivity index is 2.65. The highest BCUT2D eigenvalue weighted by molar-refractivity contribution is 9.10. The second-order valence-corrected chi connectivity index (χ2v) is 4.91. The zero-order valence-electron chi connectivity index (χ0n) is 10.8. The van der Waals surface area contributed by atoms with Crippen LogP contribution in [0, 0.1) is 5.82 Å². The van der Waals surface area contributed by atoms with Crippen molar-refractivity contribution in [2.24, 2.45) is 0 Å². The van der Waals surface area contributed by atoms with Crippen molar-refractivity contribution in [1.29, 1.82) is 0 Å². The normalized spacial score (nSPS) is 11.9. The van der Waals surface area contributed by atoms with Crippen molar-refractivity contribution < 1.29 is 9.13 Å². The molecule has 0 heterocycles. The summed E-state index contributed by atoms with van der Waals surface area (Å²) >= 11 is 3.25. The molecule has 0 atom stereocenters. The summed E-state index contributed by atoms with van der Waals surface area (Å²) in [6.07, 6.45) is 2.80. The van der Waals surface area contributed by atoms with Gasteiger partial charge in [-0.15, -0.1) is 0 Å². The number of hydrogen-bond acceptors (Lipinski definition) is 2. The molecule has 100 valence electrons. The van der Waals surface area contributed by atoms with Crippen molar-refractivity contribution in [2.75, 3.05) is 26.8 Å². The van der Waals surface area contributed by atoms with Crippen LogP contribution < -0.4 is 5.32 Å². The molecule has 0 aliphatic carbocycles. The molecular weight excluding hydrogens is 297 g/mol. The van der Waals surface area contributed by atoms with E-state index >= 15 is 0 Å². The Labute approximate surface area is 116 Å². The number of hydrogen-bond donors (Lipinski definition) is 1. The second-order valence-electron chi connectivity index (χ2n) is 3.99. The summed E-state index contributed by atoms with van der Waals surface area (Å²) in [4.78, 5) is 0. The van der Waals surface area contributed by atoms with E-state index in [0.717, 1.165) is 24.0 Å². The van der Waals surface area contributed by atoms with E-state index in [1.165, 1.54) is 11.6 Å². The van der Waals surface area contributed by atoms with Gasteiger partial charge in [0.05, 0.1) is 6.61 Å². The van der Waals surface area contributed by atoms with Gasteiger partial charge in [-0.2, -0.15) is 0 Å². The summed E-state index contributed by atoms with van der Waals surface area (Å²) in [7, 11) is 1.68. The fourth-order valence-electron chi connectivity index (χ4n) is 1.54. The van der Waals surface area contributed by atoms with Crippen molar-refractivity contribution in [3.8, 4) is 0 Å². The predicted octanol–water partition coefficient (Wildman–Crippen LogP) is 3.62. The molecule has 1 N–H and O–H groups in total. The topological polar surface area (TPSA) is 21.3 Å². The average Bonchev–Trinajstić information content (AvgIpc) is 2.35. The largest absolute Gasteiger partial charge is 0.383 e. The van der Waals surface area contributed by atoms with E-state index in [1.54, 1.807) is 13.2 Å². The fourth-order valence-corrected chi connectivity index (χ4v) is 1.87. The smallest absolute Gasteiger partial charge is 0.131 e. The van der Waals surface area contributed by atoms with Crippen molar-refractivity contribution in [3.63, 3.8) is 0 Å². The molecule has 0 fully saturated rings. The maximum absolute atomic E-state index is 13.7. The number of ether oxygens (including phenoxy) is 1. The molecule has 1 rings (SSSR count). The van der Waals surface area contributed by atoms with Crippen molar-refractivity contribution >= 4 is 22.0 Å². The first kappa shape index (κ1) is 15.3. The van der Waals surface area contributed by atoms with E-state index in [4.69, 9.17) is 4.74 Å². The van der Waals surface area contributed by atoms with Gasteiger partial charge in [-0.3, -0.25) is 0 Å². The summed E-state index contributed by atoms with van der Waals surface area (Å²) in [6, 6.07) is 5.11. The first-order chi connectivity index (χ1) is 8.67. The molecule has 18 heavy (non-hydrogen) atoms. The molecule has 0 saturated carbocycles. The van der Waals surface area contributed by atoms with Crippen LogP contribution in [-0.2, 0) is 4.74 Å². The first-order valence-electron chi connectivity index (χ1n) is 6.01. The lowest BCUT2D eigenvalue weighted by Crippen LogP contribution is -2.21. The standard InChI is InChI=1S/C14H19BrFNO/c1-3-11(10-17-6-7-18-2)8-12-4-5-13(15)9-14(12)16/h4-5,8-9,17H,3,6-7,10H2,1-2H3. The van der Waals surface area contributed by atoms with Gasteiger partial charge in [0.1, 0.15) is 5.82 Å². The monoisotopic (exact) mass is 315 g/mol. The van der Waals surface area contributed by atoms with Gasteiger partial charge in [-0.1, -0.05) is 40.6 Å². The summed E-state index contributed by atoms with van der Waals surface area (Å²) in [5, 5.41) is 3.26. The minimum Gasteiger partial charge on any atom is -0.383 e. The molecular formula is C14H19BrFNO. The summed E-state index contributed by atoms with van der Waals surface area (Å²) in [6.45, 7) is 4.32. The Morgan fingerprint density at radius 1 is 1.50 bits per heavy atom. The SMILES string of the molecule is CCC(=Cc1ccc(Br)cc1F)CNCCOC. The third kappa shape index (κ3) is 5.29. The zero-order chi connectivity index (χ0) is 13.4. The number of rotatable bonds is 7. The molecule has 0 aromatic heterocycles. The number of methoxy groups -OCH3 is 1. The van der Waals surface area contributed by atoms with E-state index in [-0.39, 0.29) is 5.82 Å². The molecule has 0 radical (unpaired) electrons. The molecule has 0 aliphatic rings. The van der Waals surface area contributed by atoms with Crippen molar-refractivity contribution in [3.05, 3.63) is 39.6 Å². The molecule has 0 spiro atoms. The molecule has 2 nitrogen and oxygen atoms in total. The summed E-state index contributed by atoms with van der Waals surface area (Å²) < 4.78 is 19.4. The van der Waals surface area contributed by atoms with E-state index in [9.17, 15) is 4.39 Å². The average molecular weight is 316 g/mol. The minimum absolute atomic E-state index is 0.202. The molecule has 0 saturated heterocycles. The Kier molecular flexibility index (Phi) is 7.16. The van der Waals surface area contributed by atoms with Crippen molar-refractivity contribution in [1.82, 2.24) is 5.32 Å². The maximum Gasteiger partial charge on any atom is 0.131 e. The molecule has 0 unspecified atom stereocenters. The lowest BCUT2D eigenvalue weighted by Gasteiger charge is -2.07. The van der Waals surface area contributed by atoms with Crippen LogP contribution in [0.3, 0.4) is 0 Å². The zero-order valence-corrected chi connectivity index (χ0v) is 12.4. The molecule has 0 aliphatic heterocycles. The van der Waals surface area contributed by atoms with Crippen molar-refractivity contribution in [2.45, 2.75) is 13.3 Å². The van der Waals surface area contributed by atoms with Crippen LogP contribution in [0.15, 0.2) is 28.2 Å². The summed E-state index contributed by atoms with van der Waals surface area (Å²) in [5.41, 5.74) is 1.80. The maximum atomic E-state index is 13.7. The van der Waals surface area contributed by atoms with Gasteiger partial charge < -0.3 is 10.1 Å². The molecule has 1 aromatic carbocycles. The van der Waals surface area contributed by atoms with Crippen LogP contribution in [0.25, 0.3) is 6.08 Å². The molecule has 0 amide bonds. The molecule has 1 aromatic rings. The Bertz CT molecular complexity index is 407. The van der Waals surface area contributed by atoms with Gasteiger partial charge in [0.25, 0.3) is 0 Å². The Hall–Kier alpha value is -0.710. The third-order valence-electron chi connectivity index (χ3n) is 2.61. The first-order valence-corrected chi connectivity index (χ1v) is 6.80. The van der Waals surface area contributed by atoms with Gasteiger partial charge in [-0.25, -0.2) is 4.39 Å². The fraction of sp³-hybridized carbons (Fsp3) is 0.429. The Morgan fingerprint density at radius 2 is 2.28 bits per heavy atom. The summed E-state index contributed by atoms with van der Waals surface area (Å²) in [5.74, 6) is -0.202. The lowest BCUT2D eigenvalue weighted by molar-refractivity contribution is 0.200. The second kappa shape index (κ2) is 8.40. The molecule has 4 heteroatoms. The van der Waals surface area contributed by atoms with E-state index in [0.29, 0.717) is 12.2 Å². The van der Waals surface area contributed by atoms with Gasteiger partial charge in [0.2, 0.25) is 0 Å². The number of nitrogens with one attached hydrogen (secondary N) is 1. The van der Waals surface area contributed by atoms with Crippen LogP contribution >= 0.6 is 15.9 Å². The third-order valence-corrected chi connectivity index (χ3v) is 3.10. The molecule has 0 bridgehead atoms. The van der Waals surface area contributed by atoms with Crippen LogP contribution in [-0.4, -0.2) is 26.8 Å². The van der Waals surface area contributed by atoms with E-state index in [2.05, 4.69) is 28.2 Å². The predicted molar refractivity (Wildman–Crippen MR) is 77.1 cm³/mol. The van der Waals surface area contributed by atoms with Gasteiger partial charge in [-0.05, 0) is 18.6 Å². The highest BCUT2D eigenvalue weighted by atomic mass is 79.9. The highest BCUT2D eigenvalue weighted by Crippen LogP contribution is 2.18. The minimum atomic E-state index is -0.202. The number of halogens is 2. The van der Waals surface area contributed by atoms with Gasteiger partial charge >= 0.3 is 0 Å². The Morgan fingerprint density at radius 3 is 2.89 bits per heavy atom.